The van der Waals surface area contributed by atoms with Crippen molar-refractivity contribution in [2.24, 2.45) is 0 Å². The van der Waals surface area contributed by atoms with Crippen LogP contribution in [0.4, 0.5) is 0 Å². The van der Waals surface area contributed by atoms with Crippen molar-refractivity contribution in [2.75, 3.05) is 13.2 Å². The van der Waals surface area contributed by atoms with E-state index in [4.69, 9.17) is 28.6 Å². The smallest absolute Gasteiger partial charge is 0.253 e. The van der Waals surface area contributed by atoms with Gasteiger partial charge in [0, 0.05) is 35.8 Å². The number of aryl methyl sites for hydroxylation is 1. The standard InChI is InChI=1S/C24H26ClN3O2S/c1-16-10-18-11-19(23(29)27-22(18)12-21(16)25)15-28(14-17-6-3-2-4-7-17)24(31)26-13-20-8-5-9-30-20/h2-4,6-7,10-12,20H,5,8-9,13-15H2,1H3,(H,26,31)(H,27,29)/t20-/m0/s1. The monoisotopic (exact) mass is 455 g/mol. The van der Waals surface area contributed by atoms with E-state index in [0.717, 1.165) is 41.5 Å². The van der Waals surface area contributed by atoms with Crippen LogP contribution >= 0.6 is 23.8 Å². The minimum absolute atomic E-state index is 0.132. The fraction of sp³-hybridized carbons (Fsp3) is 0.333. The number of hydrogen-bond donors (Lipinski definition) is 2. The van der Waals surface area contributed by atoms with Crippen LogP contribution in [0.3, 0.4) is 0 Å². The zero-order chi connectivity index (χ0) is 21.8. The lowest BCUT2D eigenvalue weighted by atomic mass is 10.1. The number of aromatic amines is 1. The molecule has 1 saturated heterocycles. The molecular formula is C24H26ClN3O2S. The molecule has 5 nitrogen and oxygen atoms in total. The van der Waals surface area contributed by atoms with Crippen molar-refractivity contribution in [3.05, 3.63) is 80.6 Å². The van der Waals surface area contributed by atoms with Crippen LogP contribution in [0.2, 0.25) is 5.02 Å². The normalized spacial score (nSPS) is 15.9. The lowest BCUT2D eigenvalue weighted by Gasteiger charge is -2.27. The molecule has 3 aromatic rings. The van der Waals surface area contributed by atoms with E-state index in [1.807, 2.05) is 42.2 Å². The Bertz CT molecular complexity index is 1130. The van der Waals surface area contributed by atoms with Crippen LogP contribution in [0, 0.1) is 6.92 Å². The van der Waals surface area contributed by atoms with Crippen molar-refractivity contribution in [2.45, 2.75) is 39.0 Å². The minimum atomic E-state index is -0.132. The number of hydrogen-bond acceptors (Lipinski definition) is 3. The summed E-state index contributed by atoms with van der Waals surface area (Å²) in [5.41, 5.74) is 3.36. The average Bonchev–Trinajstić information content (AvgIpc) is 3.28. The van der Waals surface area contributed by atoms with Gasteiger partial charge in [0.15, 0.2) is 5.11 Å². The van der Waals surface area contributed by atoms with E-state index in [1.54, 1.807) is 6.07 Å². The molecule has 0 radical (unpaired) electrons. The number of ether oxygens (including phenoxy) is 1. The number of rotatable bonds is 6. The van der Waals surface area contributed by atoms with Gasteiger partial charge in [0.25, 0.3) is 5.56 Å². The molecule has 162 valence electrons. The van der Waals surface area contributed by atoms with Crippen LogP contribution in [0.15, 0.2) is 53.3 Å². The third-order valence-corrected chi connectivity index (χ3v) is 6.38. The maximum Gasteiger partial charge on any atom is 0.253 e. The molecule has 2 aromatic carbocycles. The molecule has 0 bridgehead atoms. The van der Waals surface area contributed by atoms with E-state index >= 15 is 0 Å². The second-order valence-corrected chi connectivity index (χ2v) is 8.77. The molecule has 7 heteroatoms. The van der Waals surface area contributed by atoms with Gasteiger partial charge in [-0.15, -0.1) is 0 Å². The first-order chi connectivity index (χ1) is 15.0. The third kappa shape index (κ3) is 5.45. The molecule has 0 saturated carbocycles. The Hall–Kier alpha value is -2.41. The van der Waals surface area contributed by atoms with Gasteiger partial charge in [-0.3, -0.25) is 4.79 Å². The number of halogens is 1. The van der Waals surface area contributed by atoms with E-state index in [1.165, 1.54) is 0 Å². The fourth-order valence-corrected chi connectivity index (χ4v) is 4.21. The predicted octanol–water partition coefficient (Wildman–Crippen LogP) is 4.55. The molecule has 2 heterocycles. The minimum Gasteiger partial charge on any atom is -0.376 e. The molecule has 0 unspecified atom stereocenters. The first kappa shape index (κ1) is 21.8. The third-order valence-electron chi connectivity index (χ3n) is 5.57. The molecule has 1 aromatic heterocycles. The highest BCUT2D eigenvalue weighted by Crippen LogP contribution is 2.22. The predicted molar refractivity (Wildman–Crippen MR) is 130 cm³/mol. The van der Waals surface area contributed by atoms with Gasteiger partial charge in [0.05, 0.1) is 12.6 Å². The Morgan fingerprint density at radius 1 is 1.26 bits per heavy atom. The van der Waals surface area contributed by atoms with Crippen LogP contribution in [-0.4, -0.2) is 34.3 Å². The van der Waals surface area contributed by atoms with Crippen molar-refractivity contribution >= 4 is 39.8 Å². The number of nitrogens with one attached hydrogen (secondary N) is 2. The van der Waals surface area contributed by atoms with E-state index in [-0.39, 0.29) is 11.7 Å². The Morgan fingerprint density at radius 3 is 2.81 bits per heavy atom. The molecule has 0 amide bonds. The Labute approximate surface area is 192 Å². The lowest BCUT2D eigenvalue weighted by molar-refractivity contribution is 0.113. The summed E-state index contributed by atoms with van der Waals surface area (Å²) in [5, 5.41) is 5.55. The van der Waals surface area contributed by atoms with E-state index in [9.17, 15) is 4.79 Å². The van der Waals surface area contributed by atoms with Gasteiger partial charge in [-0.1, -0.05) is 41.9 Å². The average molecular weight is 456 g/mol. The van der Waals surface area contributed by atoms with Crippen LogP contribution in [0.5, 0.6) is 0 Å². The Kier molecular flexibility index (Phi) is 6.90. The molecule has 1 fully saturated rings. The van der Waals surface area contributed by atoms with E-state index < -0.39 is 0 Å². The topological polar surface area (TPSA) is 57.4 Å². The number of fused-ring (bicyclic) bond motifs is 1. The quantitative estimate of drug-likeness (QED) is 0.534. The maximum atomic E-state index is 12.8. The summed E-state index contributed by atoms with van der Waals surface area (Å²) in [6, 6.07) is 15.8. The number of H-pyrrole nitrogens is 1. The molecule has 0 aliphatic carbocycles. The van der Waals surface area contributed by atoms with Gasteiger partial charge in [0.2, 0.25) is 0 Å². The van der Waals surface area contributed by atoms with Gasteiger partial charge >= 0.3 is 0 Å². The van der Waals surface area contributed by atoms with Crippen molar-refractivity contribution in [1.82, 2.24) is 15.2 Å². The summed E-state index contributed by atoms with van der Waals surface area (Å²) < 4.78 is 5.70. The number of benzene rings is 2. The molecule has 31 heavy (non-hydrogen) atoms. The summed E-state index contributed by atoms with van der Waals surface area (Å²) in [6.07, 6.45) is 2.32. The highest BCUT2D eigenvalue weighted by atomic mass is 35.5. The molecule has 1 aliphatic rings. The van der Waals surface area contributed by atoms with Crippen LogP contribution < -0.4 is 10.9 Å². The van der Waals surface area contributed by atoms with Crippen LogP contribution in [-0.2, 0) is 17.8 Å². The van der Waals surface area contributed by atoms with Gasteiger partial charge < -0.3 is 19.9 Å². The van der Waals surface area contributed by atoms with Crippen LogP contribution in [0.25, 0.3) is 10.9 Å². The van der Waals surface area contributed by atoms with Crippen molar-refractivity contribution in [3.8, 4) is 0 Å². The van der Waals surface area contributed by atoms with E-state index in [0.29, 0.717) is 35.3 Å². The van der Waals surface area contributed by atoms with Gasteiger partial charge in [-0.25, -0.2) is 0 Å². The molecule has 4 rings (SSSR count). The van der Waals surface area contributed by atoms with Crippen LogP contribution in [0.1, 0.15) is 29.5 Å². The zero-order valence-electron chi connectivity index (χ0n) is 17.5. The summed E-state index contributed by atoms with van der Waals surface area (Å²) in [5.74, 6) is 0. The maximum absolute atomic E-state index is 12.8. The second-order valence-electron chi connectivity index (χ2n) is 7.98. The molecule has 0 spiro atoms. The number of thiocarbonyl (C=S) groups is 1. The SMILES string of the molecule is Cc1cc2cc(CN(Cc3ccccc3)C(=S)NC[C@@H]3CCCO3)c(=O)[nH]c2cc1Cl. The van der Waals surface area contributed by atoms with E-state index in [2.05, 4.69) is 22.4 Å². The highest BCUT2D eigenvalue weighted by molar-refractivity contribution is 7.80. The molecular weight excluding hydrogens is 430 g/mol. The number of aromatic nitrogens is 1. The summed E-state index contributed by atoms with van der Waals surface area (Å²) in [6.45, 7) is 4.45. The molecule has 2 N–H and O–H groups in total. The second kappa shape index (κ2) is 9.81. The zero-order valence-corrected chi connectivity index (χ0v) is 19.1. The molecule has 1 atom stereocenters. The molecule has 1 aliphatic heterocycles. The van der Waals surface area contributed by atoms with Gasteiger partial charge in [-0.05, 0) is 66.7 Å². The Balaban J connectivity index is 1.58. The lowest BCUT2D eigenvalue weighted by Crippen LogP contribution is -2.42. The number of nitrogens with zero attached hydrogens (tertiary/aromatic N) is 1. The summed E-state index contributed by atoms with van der Waals surface area (Å²) in [7, 11) is 0. The Morgan fingerprint density at radius 2 is 2.06 bits per heavy atom. The van der Waals surface area contributed by atoms with Crippen molar-refractivity contribution in [1.29, 1.82) is 0 Å². The van der Waals surface area contributed by atoms with Gasteiger partial charge in [0.1, 0.15) is 0 Å². The summed E-state index contributed by atoms with van der Waals surface area (Å²) >= 11 is 11.9. The highest BCUT2D eigenvalue weighted by Gasteiger charge is 2.18. The van der Waals surface area contributed by atoms with Crippen molar-refractivity contribution < 1.29 is 4.74 Å². The fourth-order valence-electron chi connectivity index (χ4n) is 3.83. The summed E-state index contributed by atoms with van der Waals surface area (Å²) in [4.78, 5) is 17.8. The van der Waals surface area contributed by atoms with Gasteiger partial charge in [-0.2, -0.15) is 0 Å². The number of pyridine rings is 1. The largest absolute Gasteiger partial charge is 0.376 e. The van der Waals surface area contributed by atoms with Crippen molar-refractivity contribution in [3.63, 3.8) is 0 Å². The first-order valence-electron chi connectivity index (χ1n) is 10.5. The first-order valence-corrected chi connectivity index (χ1v) is 11.3.